The summed E-state index contributed by atoms with van der Waals surface area (Å²) in [6, 6.07) is 16.3. The molecule has 1 aliphatic heterocycles. The molecule has 3 unspecified atom stereocenters. The number of carbonyl (C=O) groups is 1. The highest BCUT2D eigenvalue weighted by molar-refractivity contribution is 9.10. The molecule has 1 aliphatic carbocycles. The smallest absolute Gasteiger partial charge is 0.223 e. The van der Waals surface area contributed by atoms with Gasteiger partial charge in [-0.2, -0.15) is 0 Å². The Labute approximate surface area is 167 Å². The van der Waals surface area contributed by atoms with Gasteiger partial charge in [0.2, 0.25) is 5.91 Å². The molecule has 4 rings (SSSR count). The van der Waals surface area contributed by atoms with Crippen LogP contribution in [0.5, 0.6) is 0 Å². The number of anilines is 1. The molecule has 1 heterocycles. The van der Waals surface area contributed by atoms with E-state index in [1.807, 2.05) is 30.3 Å². The van der Waals surface area contributed by atoms with Crippen LogP contribution >= 0.6 is 27.5 Å². The number of halogens is 2. The predicted molar refractivity (Wildman–Crippen MR) is 110 cm³/mol. The van der Waals surface area contributed by atoms with Crippen LogP contribution in [0.3, 0.4) is 0 Å². The molecule has 5 heteroatoms. The fraction of sp³-hybridized carbons (Fsp3) is 0.381. The highest BCUT2D eigenvalue weighted by Gasteiger charge is 2.44. The van der Waals surface area contributed by atoms with Gasteiger partial charge in [0.05, 0.1) is 0 Å². The molecule has 1 saturated heterocycles. The molecule has 2 aromatic carbocycles. The van der Waals surface area contributed by atoms with Crippen LogP contribution in [0.4, 0.5) is 5.69 Å². The fourth-order valence-corrected chi connectivity index (χ4v) is 4.55. The summed E-state index contributed by atoms with van der Waals surface area (Å²) in [6.07, 6.45) is 2.02. The first-order valence-corrected chi connectivity index (χ1v) is 10.3. The van der Waals surface area contributed by atoms with Crippen molar-refractivity contribution in [2.24, 2.45) is 11.8 Å². The molecule has 0 radical (unpaired) electrons. The molecule has 2 fully saturated rings. The lowest BCUT2D eigenvalue weighted by Gasteiger charge is -2.19. The second-order valence-electron chi connectivity index (χ2n) is 7.30. The first-order chi connectivity index (χ1) is 12.6. The highest BCUT2D eigenvalue weighted by atomic mass is 79.9. The number of carbonyl (C=O) groups excluding carboxylic acids is 1. The SMILES string of the molecule is O=C(NCC1CCN(c2cccc(Br)c2)C1)C1CC1c1ccccc1Cl. The van der Waals surface area contributed by atoms with Crippen LogP contribution in [0.15, 0.2) is 53.0 Å². The van der Waals surface area contributed by atoms with Crippen LogP contribution in [-0.4, -0.2) is 25.5 Å². The molecule has 136 valence electrons. The number of nitrogens with zero attached hydrogens (tertiary/aromatic N) is 1. The molecule has 0 bridgehead atoms. The van der Waals surface area contributed by atoms with Crippen molar-refractivity contribution in [3.63, 3.8) is 0 Å². The van der Waals surface area contributed by atoms with Crippen LogP contribution in [0.2, 0.25) is 5.02 Å². The van der Waals surface area contributed by atoms with Crippen LogP contribution < -0.4 is 10.2 Å². The number of rotatable bonds is 5. The first kappa shape index (κ1) is 17.9. The second kappa shape index (κ2) is 7.61. The van der Waals surface area contributed by atoms with Gasteiger partial charge in [0.15, 0.2) is 0 Å². The molecule has 1 amide bonds. The zero-order valence-electron chi connectivity index (χ0n) is 14.5. The summed E-state index contributed by atoms with van der Waals surface area (Å²) in [5.41, 5.74) is 2.35. The topological polar surface area (TPSA) is 32.3 Å². The van der Waals surface area contributed by atoms with Gasteiger partial charge in [0.25, 0.3) is 0 Å². The average Bonchev–Trinajstić information content (AvgIpc) is 3.29. The molecule has 3 nitrogen and oxygen atoms in total. The van der Waals surface area contributed by atoms with Crippen LogP contribution in [0, 0.1) is 11.8 Å². The summed E-state index contributed by atoms with van der Waals surface area (Å²) in [7, 11) is 0. The number of nitrogens with one attached hydrogen (secondary N) is 1. The summed E-state index contributed by atoms with van der Waals surface area (Å²) in [5.74, 6) is 1.05. The standard InChI is InChI=1S/C21H22BrClN2O/c22-15-4-3-5-16(10-15)25-9-8-14(13-25)12-24-21(26)19-11-18(19)17-6-1-2-7-20(17)23/h1-7,10,14,18-19H,8-9,11-13H2,(H,24,26). The molecule has 1 N–H and O–H groups in total. The molecular weight excluding hydrogens is 412 g/mol. The van der Waals surface area contributed by atoms with E-state index < -0.39 is 0 Å². The first-order valence-electron chi connectivity index (χ1n) is 9.14. The van der Waals surface area contributed by atoms with Gasteiger partial charge in [-0.1, -0.05) is 51.8 Å². The molecular formula is C21H22BrClN2O. The molecule has 0 spiro atoms. The number of hydrogen-bond donors (Lipinski definition) is 1. The Hall–Kier alpha value is -1.52. The molecule has 2 aromatic rings. The number of benzene rings is 2. The Morgan fingerprint density at radius 3 is 2.88 bits per heavy atom. The van der Waals surface area contributed by atoms with E-state index in [1.54, 1.807) is 0 Å². The lowest BCUT2D eigenvalue weighted by Crippen LogP contribution is -2.32. The van der Waals surface area contributed by atoms with E-state index in [4.69, 9.17) is 11.6 Å². The van der Waals surface area contributed by atoms with E-state index in [0.29, 0.717) is 5.92 Å². The summed E-state index contributed by atoms with van der Waals surface area (Å²) in [4.78, 5) is 14.9. The van der Waals surface area contributed by atoms with Crippen molar-refractivity contribution in [3.05, 3.63) is 63.6 Å². The van der Waals surface area contributed by atoms with Gasteiger partial charge < -0.3 is 10.2 Å². The van der Waals surface area contributed by atoms with Gasteiger partial charge in [0, 0.05) is 40.7 Å². The highest BCUT2D eigenvalue weighted by Crippen LogP contribution is 2.49. The number of hydrogen-bond acceptors (Lipinski definition) is 2. The van der Waals surface area contributed by atoms with Crippen molar-refractivity contribution in [2.75, 3.05) is 24.5 Å². The quantitative estimate of drug-likeness (QED) is 0.731. The lowest BCUT2D eigenvalue weighted by molar-refractivity contribution is -0.122. The van der Waals surface area contributed by atoms with Gasteiger partial charge in [0.1, 0.15) is 0 Å². The largest absolute Gasteiger partial charge is 0.371 e. The maximum Gasteiger partial charge on any atom is 0.223 e. The molecule has 2 aliphatic rings. The Balaban J connectivity index is 1.27. The van der Waals surface area contributed by atoms with Crippen LogP contribution in [0.25, 0.3) is 0 Å². The van der Waals surface area contributed by atoms with Crippen LogP contribution in [-0.2, 0) is 4.79 Å². The minimum atomic E-state index is 0.0810. The van der Waals surface area contributed by atoms with E-state index in [2.05, 4.69) is 44.3 Å². The van der Waals surface area contributed by atoms with Gasteiger partial charge in [-0.15, -0.1) is 0 Å². The van der Waals surface area contributed by atoms with E-state index in [0.717, 1.165) is 47.5 Å². The Bertz CT molecular complexity index is 812. The Morgan fingerprint density at radius 2 is 2.08 bits per heavy atom. The summed E-state index contributed by atoms with van der Waals surface area (Å²) < 4.78 is 1.10. The Kier molecular flexibility index (Phi) is 5.23. The van der Waals surface area contributed by atoms with Crippen LogP contribution in [0.1, 0.15) is 24.3 Å². The van der Waals surface area contributed by atoms with E-state index >= 15 is 0 Å². The minimum absolute atomic E-state index is 0.0810. The summed E-state index contributed by atoms with van der Waals surface area (Å²) in [5, 5.41) is 3.94. The molecule has 3 atom stereocenters. The lowest BCUT2D eigenvalue weighted by atomic mass is 10.1. The second-order valence-corrected chi connectivity index (χ2v) is 8.62. The zero-order chi connectivity index (χ0) is 18.1. The maximum absolute atomic E-state index is 12.5. The fourth-order valence-electron chi connectivity index (χ4n) is 3.89. The van der Waals surface area contributed by atoms with E-state index in [-0.39, 0.29) is 17.7 Å². The minimum Gasteiger partial charge on any atom is -0.371 e. The van der Waals surface area contributed by atoms with Crippen molar-refractivity contribution in [1.82, 2.24) is 5.32 Å². The summed E-state index contributed by atoms with van der Waals surface area (Å²) >= 11 is 9.79. The molecule has 1 saturated carbocycles. The van der Waals surface area contributed by atoms with Gasteiger partial charge in [-0.05, 0) is 54.5 Å². The Morgan fingerprint density at radius 1 is 1.23 bits per heavy atom. The van der Waals surface area contributed by atoms with Crippen molar-refractivity contribution in [3.8, 4) is 0 Å². The van der Waals surface area contributed by atoms with E-state index in [9.17, 15) is 4.79 Å². The third-order valence-electron chi connectivity index (χ3n) is 5.46. The van der Waals surface area contributed by atoms with Crippen molar-refractivity contribution >= 4 is 39.1 Å². The van der Waals surface area contributed by atoms with Crippen molar-refractivity contribution in [1.29, 1.82) is 0 Å². The van der Waals surface area contributed by atoms with Gasteiger partial charge >= 0.3 is 0 Å². The molecule has 0 aromatic heterocycles. The summed E-state index contributed by atoms with van der Waals surface area (Å²) in [6.45, 7) is 2.80. The van der Waals surface area contributed by atoms with Gasteiger partial charge in [-0.25, -0.2) is 0 Å². The maximum atomic E-state index is 12.5. The molecule has 26 heavy (non-hydrogen) atoms. The average molecular weight is 434 g/mol. The van der Waals surface area contributed by atoms with Crippen molar-refractivity contribution in [2.45, 2.75) is 18.8 Å². The predicted octanol–water partition coefficient (Wildman–Crippen LogP) is 4.85. The third kappa shape index (κ3) is 3.91. The van der Waals surface area contributed by atoms with Gasteiger partial charge in [-0.3, -0.25) is 4.79 Å². The number of amides is 1. The van der Waals surface area contributed by atoms with Crippen molar-refractivity contribution < 1.29 is 4.79 Å². The van der Waals surface area contributed by atoms with E-state index in [1.165, 1.54) is 5.69 Å². The zero-order valence-corrected chi connectivity index (χ0v) is 16.8. The monoisotopic (exact) mass is 432 g/mol. The normalized spacial score (nSPS) is 24.5. The third-order valence-corrected chi connectivity index (χ3v) is 6.29.